The van der Waals surface area contributed by atoms with Crippen LogP contribution >= 0.6 is 15.9 Å². The Bertz CT molecular complexity index is 602. The van der Waals surface area contributed by atoms with Crippen molar-refractivity contribution in [2.75, 3.05) is 11.1 Å². The van der Waals surface area contributed by atoms with Gasteiger partial charge in [-0.25, -0.2) is 0 Å². The number of aromatic nitrogens is 2. The number of nitrogen functional groups attached to an aromatic ring is 1. The van der Waals surface area contributed by atoms with Crippen LogP contribution in [0.3, 0.4) is 0 Å². The van der Waals surface area contributed by atoms with Crippen molar-refractivity contribution in [2.45, 2.75) is 13.3 Å². The third-order valence-corrected chi connectivity index (χ3v) is 3.37. The summed E-state index contributed by atoms with van der Waals surface area (Å²) < 4.78 is 2.46. The highest BCUT2D eigenvalue weighted by molar-refractivity contribution is 9.10. The first-order valence-corrected chi connectivity index (χ1v) is 6.69. The molecule has 0 atom stereocenters. The van der Waals surface area contributed by atoms with E-state index in [-0.39, 0.29) is 5.91 Å². The molecule has 6 heteroatoms. The van der Waals surface area contributed by atoms with Gasteiger partial charge in [0, 0.05) is 17.2 Å². The number of anilines is 2. The van der Waals surface area contributed by atoms with Gasteiger partial charge in [0.2, 0.25) is 0 Å². The molecule has 0 fully saturated rings. The standard InChI is InChI=1S/C13H15BrN4O/c1-3-8-6-9(14)4-5-11(8)17-13(19)12-10(15)7-16-18(12)2/h4-7H,3,15H2,1-2H3,(H,17,19). The zero-order valence-corrected chi connectivity index (χ0v) is 12.4. The number of nitrogens with zero attached hydrogens (tertiary/aromatic N) is 2. The molecule has 1 aromatic carbocycles. The van der Waals surface area contributed by atoms with Crippen LogP contribution in [-0.4, -0.2) is 15.7 Å². The lowest BCUT2D eigenvalue weighted by Gasteiger charge is -2.11. The van der Waals surface area contributed by atoms with Gasteiger partial charge in [0.1, 0.15) is 5.69 Å². The van der Waals surface area contributed by atoms with E-state index in [0.29, 0.717) is 11.4 Å². The topological polar surface area (TPSA) is 72.9 Å². The lowest BCUT2D eigenvalue weighted by atomic mass is 10.1. The largest absolute Gasteiger partial charge is 0.396 e. The summed E-state index contributed by atoms with van der Waals surface area (Å²) in [5.41, 5.74) is 8.32. The maximum absolute atomic E-state index is 12.2. The molecule has 0 saturated heterocycles. The van der Waals surface area contributed by atoms with E-state index >= 15 is 0 Å². The molecular formula is C13H15BrN4O. The van der Waals surface area contributed by atoms with Crippen molar-refractivity contribution in [3.05, 3.63) is 40.1 Å². The number of hydrogen-bond acceptors (Lipinski definition) is 3. The molecule has 3 N–H and O–H groups in total. The normalized spacial score (nSPS) is 10.5. The highest BCUT2D eigenvalue weighted by Gasteiger charge is 2.16. The molecule has 0 spiro atoms. The van der Waals surface area contributed by atoms with Crippen LogP contribution in [0.5, 0.6) is 0 Å². The molecule has 2 rings (SSSR count). The first kappa shape index (κ1) is 13.6. The quantitative estimate of drug-likeness (QED) is 0.912. The molecule has 0 aliphatic carbocycles. The van der Waals surface area contributed by atoms with Gasteiger partial charge in [-0.2, -0.15) is 5.10 Å². The molecule has 0 unspecified atom stereocenters. The fourth-order valence-corrected chi connectivity index (χ4v) is 2.30. The summed E-state index contributed by atoms with van der Waals surface area (Å²) in [6, 6.07) is 5.75. The second kappa shape index (κ2) is 5.44. The number of aryl methyl sites for hydroxylation is 2. The van der Waals surface area contributed by atoms with E-state index in [4.69, 9.17) is 5.73 Å². The van der Waals surface area contributed by atoms with Crippen molar-refractivity contribution < 1.29 is 4.79 Å². The predicted molar refractivity (Wildman–Crippen MR) is 79.1 cm³/mol. The fourth-order valence-electron chi connectivity index (χ4n) is 1.89. The zero-order valence-electron chi connectivity index (χ0n) is 10.8. The van der Waals surface area contributed by atoms with Crippen molar-refractivity contribution in [3.8, 4) is 0 Å². The third-order valence-electron chi connectivity index (χ3n) is 2.88. The highest BCUT2D eigenvalue weighted by atomic mass is 79.9. The Morgan fingerprint density at radius 3 is 2.84 bits per heavy atom. The second-order valence-corrected chi connectivity index (χ2v) is 5.10. The minimum absolute atomic E-state index is 0.255. The van der Waals surface area contributed by atoms with Gasteiger partial charge in [0.15, 0.2) is 0 Å². The van der Waals surface area contributed by atoms with Crippen molar-refractivity contribution in [3.63, 3.8) is 0 Å². The summed E-state index contributed by atoms with van der Waals surface area (Å²) in [6.45, 7) is 2.04. The van der Waals surface area contributed by atoms with Gasteiger partial charge in [-0.05, 0) is 30.2 Å². The summed E-state index contributed by atoms with van der Waals surface area (Å²) in [6.07, 6.45) is 2.30. The molecule has 0 saturated carbocycles. The number of halogens is 1. The molecule has 0 bridgehead atoms. The highest BCUT2D eigenvalue weighted by Crippen LogP contribution is 2.22. The maximum atomic E-state index is 12.2. The summed E-state index contributed by atoms with van der Waals surface area (Å²) in [5.74, 6) is -0.255. The van der Waals surface area contributed by atoms with Gasteiger partial charge in [-0.1, -0.05) is 22.9 Å². The summed E-state index contributed by atoms with van der Waals surface area (Å²) >= 11 is 3.42. The van der Waals surface area contributed by atoms with Gasteiger partial charge in [0.25, 0.3) is 5.91 Å². The summed E-state index contributed by atoms with van der Waals surface area (Å²) in [4.78, 5) is 12.2. The molecule has 19 heavy (non-hydrogen) atoms. The van der Waals surface area contributed by atoms with Crippen molar-refractivity contribution in [1.82, 2.24) is 9.78 Å². The van der Waals surface area contributed by atoms with Crippen LogP contribution in [0.2, 0.25) is 0 Å². The van der Waals surface area contributed by atoms with Crippen LogP contribution < -0.4 is 11.1 Å². The van der Waals surface area contributed by atoms with Crippen molar-refractivity contribution in [2.24, 2.45) is 7.05 Å². The van der Waals surface area contributed by atoms with Gasteiger partial charge >= 0.3 is 0 Å². The van der Waals surface area contributed by atoms with Crippen LogP contribution in [0.15, 0.2) is 28.9 Å². The first-order chi connectivity index (χ1) is 9.02. The van der Waals surface area contributed by atoms with Gasteiger partial charge < -0.3 is 11.1 Å². The molecular weight excluding hydrogens is 308 g/mol. The molecule has 1 amide bonds. The molecule has 0 aliphatic heterocycles. The molecule has 5 nitrogen and oxygen atoms in total. The molecule has 0 radical (unpaired) electrons. The van der Waals surface area contributed by atoms with Crippen LogP contribution in [-0.2, 0) is 13.5 Å². The van der Waals surface area contributed by atoms with E-state index in [2.05, 4.69) is 26.3 Å². The number of nitrogens with two attached hydrogens (primary N) is 1. The van der Waals surface area contributed by atoms with Gasteiger partial charge in [-0.3, -0.25) is 9.48 Å². The van der Waals surface area contributed by atoms with E-state index in [1.54, 1.807) is 7.05 Å². The average Bonchev–Trinajstić information content (AvgIpc) is 2.71. The lowest BCUT2D eigenvalue weighted by molar-refractivity contribution is 0.101. The molecule has 0 aliphatic rings. The van der Waals surface area contributed by atoms with Gasteiger partial charge in [-0.15, -0.1) is 0 Å². The van der Waals surface area contributed by atoms with Crippen LogP contribution in [0, 0.1) is 0 Å². The maximum Gasteiger partial charge on any atom is 0.276 e. The predicted octanol–water partition coefficient (Wildman–Crippen LogP) is 2.58. The molecule has 2 aromatic rings. The lowest BCUT2D eigenvalue weighted by Crippen LogP contribution is -2.18. The Hall–Kier alpha value is -1.82. The van der Waals surface area contributed by atoms with Crippen LogP contribution in [0.25, 0.3) is 0 Å². The van der Waals surface area contributed by atoms with Crippen molar-refractivity contribution >= 4 is 33.2 Å². The number of amides is 1. The molecule has 1 heterocycles. The smallest absolute Gasteiger partial charge is 0.276 e. The number of benzene rings is 1. The number of carbonyl (C=O) groups excluding carboxylic acids is 1. The Morgan fingerprint density at radius 2 is 2.26 bits per heavy atom. The zero-order chi connectivity index (χ0) is 14.0. The van der Waals surface area contributed by atoms with Crippen LogP contribution in [0.4, 0.5) is 11.4 Å². The fraction of sp³-hybridized carbons (Fsp3) is 0.231. The number of nitrogens with one attached hydrogen (secondary N) is 1. The Labute approximate surface area is 119 Å². The third kappa shape index (κ3) is 2.78. The molecule has 1 aromatic heterocycles. The van der Waals surface area contributed by atoms with E-state index in [9.17, 15) is 4.79 Å². The average molecular weight is 323 g/mol. The van der Waals surface area contributed by atoms with Gasteiger partial charge in [0.05, 0.1) is 11.9 Å². The van der Waals surface area contributed by atoms with E-state index in [1.165, 1.54) is 10.9 Å². The molecule has 100 valence electrons. The minimum Gasteiger partial charge on any atom is -0.396 e. The van der Waals surface area contributed by atoms with E-state index in [1.807, 2.05) is 25.1 Å². The monoisotopic (exact) mass is 322 g/mol. The number of carbonyl (C=O) groups is 1. The SMILES string of the molecule is CCc1cc(Br)ccc1NC(=O)c1c(N)cnn1C. The second-order valence-electron chi connectivity index (χ2n) is 4.18. The summed E-state index contributed by atoms with van der Waals surface area (Å²) in [7, 11) is 1.69. The van der Waals surface area contributed by atoms with Crippen molar-refractivity contribution in [1.29, 1.82) is 0 Å². The van der Waals surface area contributed by atoms with E-state index < -0.39 is 0 Å². The van der Waals surface area contributed by atoms with E-state index in [0.717, 1.165) is 22.1 Å². The Morgan fingerprint density at radius 1 is 1.53 bits per heavy atom. The first-order valence-electron chi connectivity index (χ1n) is 5.90. The number of rotatable bonds is 3. The number of hydrogen-bond donors (Lipinski definition) is 2. The summed E-state index contributed by atoms with van der Waals surface area (Å²) in [5, 5.41) is 6.83. The Kier molecular flexibility index (Phi) is 3.90. The minimum atomic E-state index is -0.255. The van der Waals surface area contributed by atoms with Crippen LogP contribution in [0.1, 0.15) is 23.0 Å². The Balaban J connectivity index is 2.29.